The zero-order valence-electron chi connectivity index (χ0n) is 12.7. The van der Waals surface area contributed by atoms with E-state index in [1.165, 1.54) is 4.68 Å². The number of rotatable bonds is 6. The standard InChI is InChI=1S/C15H20N4O3/c1-11-4-3-5-13(6-11)10-22-15(21)16-7-14-9-19(18-17-14)8-12(2)20/h3-6,9,12,20H,7-8,10H2,1-2H3,(H,16,21). The normalized spacial score (nSPS) is 12.0. The number of hydrogen-bond donors (Lipinski definition) is 2. The van der Waals surface area contributed by atoms with E-state index in [-0.39, 0.29) is 13.2 Å². The van der Waals surface area contributed by atoms with Gasteiger partial charge in [0.05, 0.1) is 25.4 Å². The zero-order valence-corrected chi connectivity index (χ0v) is 12.7. The highest BCUT2D eigenvalue weighted by Crippen LogP contribution is 2.05. The minimum absolute atomic E-state index is 0.224. The largest absolute Gasteiger partial charge is 0.445 e. The summed E-state index contributed by atoms with van der Waals surface area (Å²) in [6.45, 7) is 4.47. The fraction of sp³-hybridized carbons (Fsp3) is 0.400. The molecule has 0 aliphatic carbocycles. The second-order valence-corrected chi connectivity index (χ2v) is 5.20. The average Bonchev–Trinajstić information content (AvgIpc) is 2.90. The molecular formula is C15H20N4O3. The van der Waals surface area contributed by atoms with Gasteiger partial charge in [-0.2, -0.15) is 0 Å². The summed E-state index contributed by atoms with van der Waals surface area (Å²) in [6.07, 6.45) is 0.668. The van der Waals surface area contributed by atoms with E-state index in [9.17, 15) is 9.90 Å². The van der Waals surface area contributed by atoms with Gasteiger partial charge in [-0.3, -0.25) is 0 Å². The molecule has 0 saturated heterocycles. The first-order valence-corrected chi connectivity index (χ1v) is 7.06. The highest BCUT2D eigenvalue weighted by molar-refractivity contribution is 5.67. The van der Waals surface area contributed by atoms with Crippen LogP contribution in [0.1, 0.15) is 23.7 Å². The van der Waals surface area contributed by atoms with Crippen molar-refractivity contribution in [2.24, 2.45) is 0 Å². The van der Waals surface area contributed by atoms with Crippen LogP contribution in [-0.4, -0.2) is 32.3 Å². The number of alkyl carbamates (subject to hydrolysis) is 1. The van der Waals surface area contributed by atoms with Crippen LogP contribution in [0.3, 0.4) is 0 Å². The Balaban J connectivity index is 1.74. The lowest BCUT2D eigenvalue weighted by Crippen LogP contribution is -2.23. The number of carbonyl (C=O) groups is 1. The van der Waals surface area contributed by atoms with E-state index in [1.54, 1.807) is 13.1 Å². The van der Waals surface area contributed by atoms with Crippen molar-refractivity contribution in [1.29, 1.82) is 0 Å². The van der Waals surface area contributed by atoms with Crippen LogP contribution in [0.2, 0.25) is 0 Å². The van der Waals surface area contributed by atoms with E-state index in [4.69, 9.17) is 4.74 Å². The van der Waals surface area contributed by atoms with Gasteiger partial charge in [-0.25, -0.2) is 9.48 Å². The molecule has 0 saturated carbocycles. The van der Waals surface area contributed by atoms with Crippen LogP contribution in [-0.2, 0) is 24.4 Å². The summed E-state index contributed by atoms with van der Waals surface area (Å²) in [5, 5.41) is 19.6. The van der Waals surface area contributed by atoms with Gasteiger partial charge in [-0.05, 0) is 19.4 Å². The van der Waals surface area contributed by atoms with Crippen molar-refractivity contribution in [2.45, 2.75) is 39.6 Å². The maximum atomic E-state index is 11.6. The first-order valence-electron chi connectivity index (χ1n) is 7.06. The molecule has 0 aliphatic rings. The molecule has 2 rings (SSSR count). The average molecular weight is 304 g/mol. The van der Waals surface area contributed by atoms with Crippen LogP contribution in [0.25, 0.3) is 0 Å². The highest BCUT2D eigenvalue weighted by atomic mass is 16.5. The third-order valence-electron chi connectivity index (χ3n) is 2.90. The number of nitrogens with one attached hydrogen (secondary N) is 1. The van der Waals surface area contributed by atoms with Crippen LogP contribution in [0, 0.1) is 6.92 Å². The Kier molecular flexibility index (Phi) is 5.48. The van der Waals surface area contributed by atoms with Crippen molar-refractivity contribution in [3.8, 4) is 0 Å². The summed E-state index contributed by atoms with van der Waals surface area (Å²) in [5.74, 6) is 0. The number of benzene rings is 1. The van der Waals surface area contributed by atoms with Gasteiger partial charge in [0, 0.05) is 0 Å². The number of aliphatic hydroxyl groups excluding tert-OH is 1. The molecule has 1 aromatic heterocycles. The minimum Gasteiger partial charge on any atom is -0.445 e. The number of nitrogens with zero attached hydrogens (tertiary/aromatic N) is 3. The summed E-state index contributed by atoms with van der Waals surface area (Å²) in [6, 6.07) is 7.78. The molecule has 1 heterocycles. The fourth-order valence-electron chi connectivity index (χ4n) is 1.94. The van der Waals surface area contributed by atoms with Gasteiger partial charge >= 0.3 is 6.09 Å². The third-order valence-corrected chi connectivity index (χ3v) is 2.90. The number of aromatic nitrogens is 3. The molecule has 1 atom stereocenters. The van der Waals surface area contributed by atoms with E-state index in [0.29, 0.717) is 12.2 Å². The van der Waals surface area contributed by atoms with Gasteiger partial charge in [-0.15, -0.1) is 5.10 Å². The van der Waals surface area contributed by atoms with Gasteiger partial charge in [-0.1, -0.05) is 35.0 Å². The lowest BCUT2D eigenvalue weighted by Gasteiger charge is -2.06. The number of aryl methyl sites for hydroxylation is 1. The van der Waals surface area contributed by atoms with Crippen LogP contribution in [0.5, 0.6) is 0 Å². The van der Waals surface area contributed by atoms with Gasteiger partial charge < -0.3 is 15.2 Å². The van der Waals surface area contributed by atoms with Crippen molar-refractivity contribution >= 4 is 6.09 Å². The van der Waals surface area contributed by atoms with E-state index < -0.39 is 12.2 Å². The molecular weight excluding hydrogens is 284 g/mol. The molecule has 0 spiro atoms. The molecule has 1 unspecified atom stereocenters. The van der Waals surface area contributed by atoms with Crippen molar-refractivity contribution < 1.29 is 14.6 Å². The van der Waals surface area contributed by atoms with Gasteiger partial charge in [0.25, 0.3) is 0 Å². The van der Waals surface area contributed by atoms with Crippen LogP contribution in [0.15, 0.2) is 30.5 Å². The maximum absolute atomic E-state index is 11.6. The van der Waals surface area contributed by atoms with Crippen molar-refractivity contribution in [2.75, 3.05) is 0 Å². The number of amides is 1. The van der Waals surface area contributed by atoms with Crippen LogP contribution in [0.4, 0.5) is 4.79 Å². The SMILES string of the molecule is Cc1cccc(COC(=O)NCc2cn(CC(C)O)nn2)c1. The zero-order chi connectivity index (χ0) is 15.9. The Hall–Kier alpha value is -2.41. The number of hydrogen-bond acceptors (Lipinski definition) is 5. The first kappa shape index (κ1) is 16.0. The predicted octanol–water partition coefficient (Wildman–Crippen LogP) is 1.39. The molecule has 7 nitrogen and oxygen atoms in total. The Morgan fingerprint density at radius 1 is 1.50 bits per heavy atom. The third kappa shape index (κ3) is 5.17. The highest BCUT2D eigenvalue weighted by Gasteiger charge is 2.07. The second-order valence-electron chi connectivity index (χ2n) is 5.20. The molecule has 22 heavy (non-hydrogen) atoms. The lowest BCUT2D eigenvalue weighted by atomic mass is 10.1. The smallest absolute Gasteiger partial charge is 0.407 e. The summed E-state index contributed by atoms with van der Waals surface area (Å²) in [4.78, 5) is 11.6. The number of aliphatic hydroxyl groups is 1. The van der Waals surface area contributed by atoms with Crippen LogP contribution < -0.4 is 5.32 Å². The van der Waals surface area contributed by atoms with Gasteiger partial charge in [0.15, 0.2) is 0 Å². The molecule has 118 valence electrons. The number of ether oxygens (including phenoxy) is 1. The van der Waals surface area contributed by atoms with Gasteiger partial charge in [0.1, 0.15) is 12.3 Å². The maximum Gasteiger partial charge on any atom is 0.407 e. The van der Waals surface area contributed by atoms with Crippen molar-refractivity contribution in [3.63, 3.8) is 0 Å². The van der Waals surface area contributed by atoms with E-state index >= 15 is 0 Å². The monoisotopic (exact) mass is 304 g/mol. The summed E-state index contributed by atoms with van der Waals surface area (Å²) >= 11 is 0. The van der Waals surface area contributed by atoms with Crippen molar-refractivity contribution in [1.82, 2.24) is 20.3 Å². The topological polar surface area (TPSA) is 89.3 Å². The van der Waals surface area contributed by atoms with Gasteiger partial charge in [0.2, 0.25) is 0 Å². The number of carbonyl (C=O) groups excluding carboxylic acids is 1. The Bertz CT molecular complexity index is 625. The van der Waals surface area contributed by atoms with Crippen LogP contribution >= 0.6 is 0 Å². The summed E-state index contributed by atoms with van der Waals surface area (Å²) < 4.78 is 6.66. The van der Waals surface area contributed by atoms with Crippen molar-refractivity contribution in [3.05, 3.63) is 47.3 Å². The molecule has 2 N–H and O–H groups in total. The Morgan fingerprint density at radius 3 is 3.05 bits per heavy atom. The molecule has 0 fully saturated rings. The van der Waals surface area contributed by atoms with E-state index in [1.807, 2.05) is 31.2 Å². The summed E-state index contributed by atoms with van der Waals surface area (Å²) in [7, 11) is 0. The molecule has 7 heteroatoms. The Labute approximate surface area is 128 Å². The molecule has 0 radical (unpaired) electrons. The molecule has 2 aromatic rings. The molecule has 1 amide bonds. The molecule has 0 bridgehead atoms. The van der Waals surface area contributed by atoms with E-state index in [0.717, 1.165) is 11.1 Å². The minimum atomic E-state index is -0.508. The molecule has 0 aliphatic heterocycles. The Morgan fingerprint density at radius 2 is 2.32 bits per heavy atom. The second kappa shape index (κ2) is 7.56. The predicted molar refractivity (Wildman–Crippen MR) is 79.9 cm³/mol. The quantitative estimate of drug-likeness (QED) is 0.842. The first-order chi connectivity index (χ1) is 10.5. The van der Waals surface area contributed by atoms with E-state index in [2.05, 4.69) is 15.6 Å². The lowest BCUT2D eigenvalue weighted by molar-refractivity contribution is 0.139. The fourth-order valence-corrected chi connectivity index (χ4v) is 1.94. The molecule has 1 aromatic carbocycles. The summed E-state index contributed by atoms with van der Waals surface area (Å²) in [5.41, 5.74) is 2.67.